The Bertz CT molecular complexity index is 1270. The quantitative estimate of drug-likeness (QED) is 0.284. The highest BCUT2D eigenvalue weighted by molar-refractivity contribution is 9.10. The molecule has 1 aliphatic rings. The molecule has 1 amide bonds. The number of anilines is 1. The molecule has 4 rings (SSSR count). The van der Waals surface area contributed by atoms with E-state index in [2.05, 4.69) is 15.9 Å². The Morgan fingerprint density at radius 3 is 2.30 bits per heavy atom. The van der Waals surface area contributed by atoms with Crippen molar-refractivity contribution in [2.45, 2.75) is 13.0 Å². The molecule has 3 aromatic rings. The summed E-state index contributed by atoms with van der Waals surface area (Å²) in [6.45, 7) is 1.93. The number of methoxy groups -OCH3 is 2. The second-order valence-electron chi connectivity index (χ2n) is 7.63. The molecule has 3 aromatic carbocycles. The second-order valence-corrected chi connectivity index (χ2v) is 8.48. The third kappa shape index (κ3) is 4.12. The number of benzene rings is 3. The summed E-state index contributed by atoms with van der Waals surface area (Å²) in [5.41, 5.74) is 2.64. The largest absolute Gasteiger partial charge is 0.507 e. The topological polar surface area (TPSA) is 76.1 Å². The maximum atomic E-state index is 13.2. The lowest BCUT2D eigenvalue weighted by atomic mass is 9.94. The van der Waals surface area contributed by atoms with Crippen LogP contribution in [0.25, 0.3) is 5.76 Å². The van der Waals surface area contributed by atoms with E-state index in [1.807, 2.05) is 31.2 Å². The summed E-state index contributed by atoms with van der Waals surface area (Å²) in [5.74, 6) is -0.493. The van der Waals surface area contributed by atoms with Gasteiger partial charge in [-0.2, -0.15) is 0 Å². The van der Waals surface area contributed by atoms with E-state index in [0.717, 1.165) is 11.1 Å². The van der Waals surface area contributed by atoms with Crippen LogP contribution in [0.5, 0.6) is 11.5 Å². The van der Waals surface area contributed by atoms with Crippen molar-refractivity contribution < 1.29 is 24.2 Å². The van der Waals surface area contributed by atoms with Crippen molar-refractivity contribution in [2.75, 3.05) is 19.1 Å². The maximum Gasteiger partial charge on any atom is 0.300 e. The molecule has 1 atom stereocenters. The van der Waals surface area contributed by atoms with Crippen LogP contribution in [-0.4, -0.2) is 31.0 Å². The molecule has 0 spiro atoms. The van der Waals surface area contributed by atoms with Crippen LogP contribution in [0.1, 0.15) is 22.7 Å². The minimum absolute atomic E-state index is 0.0264. The number of amides is 1. The molecule has 0 radical (unpaired) electrons. The number of carbonyl (C=O) groups is 2. The minimum Gasteiger partial charge on any atom is -0.507 e. The molecule has 1 N–H and O–H groups in total. The van der Waals surface area contributed by atoms with E-state index in [1.54, 1.807) is 49.6 Å². The predicted molar refractivity (Wildman–Crippen MR) is 130 cm³/mol. The molecule has 0 aliphatic carbocycles. The highest BCUT2D eigenvalue weighted by Crippen LogP contribution is 2.43. The van der Waals surface area contributed by atoms with Gasteiger partial charge in [0.25, 0.3) is 11.7 Å². The second kappa shape index (κ2) is 9.11. The number of aliphatic hydroxyl groups is 1. The Morgan fingerprint density at radius 2 is 1.70 bits per heavy atom. The van der Waals surface area contributed by atoms with Gasteiger partial charge >= 0.3 is 0 Å². The van der Waals surface area contributed by atoms with Gasteiger partial charge in [-0.3, -0.25) is 14.5 Å². The average molecular weight is 508 g/mol. The zero-order chi connectivity index (χ0) is 23.7. The zero-order valence-corrected chi connectivity index (χ0v) is 19.9. The van der Waals surface area contributed by atoms with Crippen LogP contribution < -0.4 is 14.4 Å². The van der Waals surface area contributed by atoms with Crippen LogP contribution >= 0.6 is 15.9 Å². The Labute approximate surface area is 200 Å². The molecule has 33 heavy (non-hydrogen) atoms. The van der Waals surface area contributed by atoms with Crippen molar-refractivity contribution in [1.82, 2.24) is 0 Å². The minimum atomic E-state index is -0.792. The third-order valence-corrected chi connectivity index (χ3v) is 6.20. The first-order valence-electron chi connectivity index (χ1n) is 10.2. The number of nitrogens with zero attached hydrogens (tertiary/aromatic N) is 1. The molecule has 1 aliphatic heterocycles. The van der Waals surface area contributed by atoms with Gasteiger partial charge < -0.3 is 14.6 Å². The number of ketones is 1. The molecule has 1 heterocycles. The van der Waals surface area contributed by atoms with Crippen molar-refractivity contribution in [1.29, 1.82) is 0 Å². The molecule has 0 aromatic heterocycles. The number of hydrogen-bond donors (Lipinski definition) is 1. The van der Waals surface area contributed by atoms with Crippen LogP contribution in [0.3, 0.4) is 0 Å². The number of rotatable bonds is 5. The predicted octanol–water partition coefficient (Wildman–Crippen LogP) is 5.40. The highest BCUT2D eigenvalue weighted by Gasteiger charge is 2.47. The van der Waals surface area contributed by atoms with Gasteiger partial charge in [0.05, 0.1) is 30.3 Å². The van der Waals surface area contributed by atoms with E-state index in [0.29, 0.717) is 27.2 Å². The first kappa shape index (κ1) is 22.6. The van der Waals surface area contributed by atoms with Crippen molar-refractivity contribution >= 4 is 39.1 Å². The van der Waals surface area contributed by atoms with Crippen molar-refractivity contribution in [2.24, 2.45) is 0 Å². The number of halogens is 1. The number of aryl methyl sites for hydroxylation is 1. The number of carbonyl (C=O) groups excluding carboxylic acids is 2. The molecule has 7 heteroatoms. The lowest BCUT2D eigenvalue weighted by molar-refractivity contribution is -0.132. The number of ether oxygens (including phenoxy) is 2. The first-order valence-corrected chi connectivity index (χ1v) is 11.0. The van der Waals surface area contributed by atoms with E-state index in [-0.39, 0.29) is 11.3 Å². The van der Waals surface area contributed by atoms with E-state index in [4.69, 9.17) is 9.47 Å². The molecule has 168 valence electrons. The smallest absolute Gasteiger partial charge is 0.300 e. The Morgan fingerprint density at radius 1 is 0.970 bits per heavy atom. The average Bonchev–Trinajstić information content (AvgIpc) is 3.09. The molecule has 1 saturated heterocycles. The third-order valence-electron chi connectivity index (χ3n) is 5.58. The summed E-state index contributed by atoms with van der Waals surface area (Å²) in [4.78, 5) is 27.9. The van der Waals surface area contributed by atoms with Crippen LogP contribution in [0.15, 0.2) is 76.8 Å². The first-order chi connectivity index (χ1) is 15.8. The van der Waals surface area contributed by atoms with Crippen LogP contribution in [-0.2, 0) is 9.59 Å². The fraction of sp³-hybridized carbons (Fsp3) is 0.154. The van der Waals surface area contributed by atoms with E-state index < -0.39 is 17.7 Å². The van der Waals surface area contributed by atoms with Gasteiger partial charge in [0.2, 0.25) is 0 Å². The summed E-state index contributed by atoms with van der Waals surface area (Å²) < 4.78 is 11.1. The molecule has 1 unspecified atom stereocenters. The molecular formula is C26H22BrNO5. The van der Waals surface area contributed by atoms with Crippen LogP contribution in [0, 0.1) is 6.92 Å². The lowest BCUT2D eigenvalue weighted by Crippen LogP contribution is -2.29. The Hall–Kier alpha value is -3.58. The van der Waals surface area contributed by atoms with Gasteiger partial charge in [0.15, 0.2) is 0 Å². The fourth-order valence-electron chi connectivity index (χ4n) is 3.97. The van der Waals surface area contributed by atoms with Crippen LogP contribution in [0.2, 0.25) is 0 Å². The standard InChI is InChI=1S/C26H22BrNO5/c1-15-5-4-6-16(13-15)23-22(24(29)17-7-12-21(33-3)20(27)14-17)25(30)26(31)28(23)18-8-10-19(32-2)11-9-18/h4-14,23,29H,1-3H3/b24-22-. The van der Waals surface area contributed by atoms with Crippen molar-refractivity contribution in [3.8, 4) is 11.5 Å². The molecule has 0 saturated carbocycles. The summed E-state index contributed by atoms with van der Waals surface area (Å²) in [5, 5.41) is 11.2. The molecule has 1 fully saturated rings. The summed E-state index contributed by atoms with van der Waals surface area (Å²) in [6, 6.07) is 18.6. The van der Waals surface area contributed by atoms with Gasteiger partial charge in [0.1, 0.15) is 17.3 Å². The van der Waals surface area contributed by atoms with Gasteiger partial charge in [-0.1, -0.05) is 29.8 Å². The summed E-state index contributed by atoms with van der Waals surface area (Å²) in [6.07, 6.45) is 0. The van der Waals surface area contributed by atoms with Gasteiger partial charge in [-0.05, 0) is 70.9 Å². The Kier molecular flexibility index (Phi) is 6.24. The summed E-state index contributed by atoms with van der Waals surface area (Å²) in [7, 11) is 3.10. The number of aliphatic hydroxyl groups excluding tert-OH is 1. The number of Topliss-reactive ketones (excluding diaryl/α,β-unsaturated/α-hetero) is 1. The van der Waals surface area contributed by atoms with Crippen molar-refractivity contribution in [3.63, 3.8) is 0 Å². The molecular weight excluding hydrogens is 486 g/mol. The van der Waals surface area contributed by atoms with Gasteiger partial charge in [-0.25, -0.2) is 0 Å². The van der Waals surface area contributed by atoms with Crippen molar-refractivity contribution in [3.05, 3.63) is 93.5 Å². The number of hydrogen-bond acceptors (Lipinski definition) is 5. The fourth-order valence-corrected chi connectivity index (χ4v) is 4.51. The summed E-state index contributed by atoms with van der Waals surface area (Å²) >= 11 is 3.41. The van der Waals surface area contributed by atoms with Gasteiger partial charge in [-0.15, -0.1) is 0 Å². The van der Waals surface area contributed by atoms with E-state index in [9.17, 15) is 14.7 Å². The highest BCUT2D eigenvalue weighted by atomic mass is 79.9. The monoisotopic (exact) mass is 507 g/mol. The lowest BCUT2D eigenvalue weighted by Gasteiger charge is -2.26. The normalized spacial score (nSPS) is 17.3. The SMILES string of the molecule is COc1ccc(N2C(=O)C(=O)/C(=C(\O)c3ccc(OC)c(Br)c3)C2c2cccc(C)c2)cc1. The molecule has 0 bridgehead atoms. The zero-order valence-electron chi connectivity index (χ0n) is 18.3. The van der Waals surface area contributed by atoms with E-state index >= 15 is 0 Å². The van der Waals surface area contributed by atoms with Gasteiger partial charge in [0, 0.05) is 11.3 Å². The molecule has 6 nitrogen and oxygen atoms in total. The maximum absolute atomic E-state index is 13.2. The van der Waals surface area contributed by atoms with E-state index in [1.165, 1.54) is 12.0 Å². The van der Waals surface area contributed by atoms with Crippen LogP contribution in [0.4, 0.5) is 5.69 Å². The Balaban J connectivity index is 1.92.